The fourth-order valence-corrected chi connectivity index (χ4v) is 2.90. The second-order valence-corrected chi connectivity index (χ2v) is 5.86. The Bertz CT molecular complexity index is 580. The molecule has 2 atom stereocenters. The van der Waals surface area contributed by atoms with E-state index in [9.17, 15) is 0 Å². The molecule has 0 aromatic carbocycles. The minimum Gasteiger partial charge on any atom is -0.393 e. The number of hydrogen-bond donors (Lipinski definition) is 2. The first-order valence-electron chi connectivity index (χ1n) is 7.61. The van der Waals surface area contributed by atoms with Crippen molar-refractivity contribution in [3.8, 4) is 5.82 Å². The summed E-state index contributed by atoms with van der Waals surface area (Å²) in [7, 11) is 0. The van der Waals surface area contributed by atoms with Crippen LogP contribution in [0.1, 0.15) is 39.0 Å². The highest BCUT2D eigenvalue weighted by atomic mass is 15.3. The number of nitrogens with one attached hydrogen (secondary N) is 1. The van der Waals surface area contributed by atoms with E-state index in [-0.39, 0.29) is 0 Å². The molecule has 0 bridgehead atoms. The molecule has 0 radical (unpaired) electrons. The van der Waals surface area contributed by atoms with Gasteiger partial charge in [-0.05, 0) is 31.2 Å². The molecule has 2 aromatic heterocycles. The Hall–Kier alpha value is -2.11. The van der Waals surface area contributed by atoms with Crippen LogP contribution in [0, 0.1) is 5.92 Å². The lowest BCUT2D eigenvalue weighted by Gasteiger charge is -2.19. The zero-order chi connectivity index (χ0) is 14.7. The van der Waals surface area contributed by atoms with E-state index in [1.54, 1.807) is 10.9 Å². The normalized spacial score (nSPS) is 22.7. The zero-order valence-corrected chi connectivity index (χ0v) is 12.4. The van der Waals surface area contributed by atoms with Gasteiger partial charge in [0.1, 0.15) is 12.0 Å². The van der Waals surface area contributed by atoms with Crippen molar-refractivity contribution in [1.29, 1.82) is 0 Å². The molecule has 21 heavy (non-hydrogen) atoms. The van der Waals surface area contributed by atoms with Gasteiger partial charge in [0.05, 0.1) is 0 Å². The maximum Gasteiger partial charge on any atom is 0.181 e. The molecule has 0 aliphatic heterocycles. The van der Waals surface area contributed by atoms with Crippen molar-refractivity contribution >= 4 is 11.5 Å². The van der Waals surface area contributed by atoms with Crippen LogP contribution in [0.25, 0.3) is 5.82 Å². The molecule has 1 saturated carbocycles. The molecule has 6 heteroatoms. The molecule has 2 aromatic rings. The third-order valence-corrected chi connectivity index (χ3v) is 4.18. The molecule has 0 spiro atoms. The summed E-state index contributed by atoms with van der Waals surface area (Å²) in [6.45, 7) is 2.33. The van der Waals surface area contributed by atoms with E-state index < -0.39 is 0 Å². The van der Waals surface area contributed by atoms with Gasteiger partial charge >= 0.3 is 0 Å². The number of rotatable bonds is 3. The van der Waals surface area contributed by atoms with Gasteiger partial charge in [0.15, 0.2) is 11.6 Å². The number of nitrogen functional groups attached to an aromatic ring is 1. The molecular formula is C15H22N6. The molecule has 3 N–H and O–H groups in total. The minimum absolute atomic E-state index is 0.442. The second-order valence-electron chi connectivity index (χ2n) is 5.86. The molecular weight excluding hydrogens is 264 g/mol. The molecule has 1 aliphatic carbocycles. The van der Waals surface area contributed by atoms with Gasteiger partial charge in [0, 0.05) is 18.4 Å². The van der Waals surface area contributed by atoms with E-state index in [1.165, 1.54) is 38.4 Å². The number of anilines is 2. The fourth-order valence-electron chi connectivity index (χ4n) is 2.90. The standard InChI is InChI=1S/C15H22N6/c1-11-4-2-5-12(7-6-11)20-14-13(16)15(18-10-17-14)21-9-3-8-19-21/h3,8-12H,2,4-7,16H2,1H3,(H,17,18,20). The summed E-state index contributed by atoms with van der Waals surface area (Å²) in [5, 5.41) is 7.67. The molecule has 0 amide bonds. The number of aromatic nitrogens is 4. The first-order valence-corrected chi connectivity index (χ1v) is 7.61. The van der Waals surface area contributed by atoms with Crippen molar-refractivity contribution in [1.82, 2.24) is 19.7 Å². The number of nitrogens with zero attached hydrogens (tertiary/aromatic N) is 4. The van der Waals surface area contributed by atoms with Gasteiger partial charge in [0.2, 0.25) is 0 Å². The molecule has 1 aliphatic rings. The van der Waals surface area contributed by atoms with E-state index in [1.807, 2.05) is 12.3 Å². The molecule has 0 saturated heterocycles. The Morgan fingerprint density at radius 1 is 1.24 bits per heavy atom. The van der Waals surface area contributed by atoms with Crippen LogP contribution in [-0.4, -0.2) is 25.8 Å². The maximum atomic E-state index is 6.21. The quantitative estimate of drug-likeness (QED) is 0.848. The summed E-state index contributed by atoms with van der Waals surface area (Å²) in [4.78, 5) is 8.53. The van der Waals surface area contributed by atoms with Crippen molar-refractivity contribution in [3.05, 3.63) is 24.8 Å². The first kappa shape index (κ1) is 13.9. The van der Waals surface area contributed by atoms with Gasteiger partial charge in [-0.2, -0.15) is 5.10 Å². The van der Waals surface area contributed by atoms with E-state index in [2.05, 4.69) is 27.3 Å². The molecule has 3 rings (SSSR count). The smallest absolute Gasteiger partial charge is 0.181 e. The van der Waals surface area contributed by atoms with Crippen LogP contribution in [0.4, 0.5) is 11.5 Å². The van der Waals surface area contributed by atoms with Gasteiger partial charge in [-0.15, -0.1) is 0 Å². The van der Waals surface area contributed by atoms with Gasteiger partial charge in [-0.3, -0.25) is 0 Å². The molecule has 112 valence electrons. The van der Waals surface area contributed by atoms with E-state index >= 15 is 0 Å². The number of nitrogens with two attached hydrogens (primary N) is 1. The fraction of sp³-hybridized carbons (Fsp3) is 0.533. The van der Waals surface area contributed by atoms with Gasteiger partial charge in [0.25, 0.3) is 0 Å². The Labute approximate surface area is 124 Å². The summed E-state index contributed by atoms with van der Waals surface area (Å²) in [5.74, 6) is 2.16. The largest absolute Gasteiger partial charge is 0.393 e. The number of hydrogen-bond acceptors (Lipinski definition) is 5. The van der Waals surface area contributed by atoms with E-state index in [4.69, 9.17) is 5.73 Å². The third kappa shape index (κ3) is 3.15. The summed E-state index contributed by atoms with van der Waals surface area (Å²) in [5.41, 5.74) is 6.76. The summed E-state index contributed by atoms with van der Waals surface area (Å²) >= 11 is 0. The lowest BCUT2D eigenvalue weighted by molar-refractivity contribution is 0.502. The average molecular weight is 286 g/mol. The molecule has 2 heterocycles. The van der Waals surface area contributed by atoms with Crippen LogP contribution in [0.2, 0.25) is 0 Å². The lowest BCUT2D eigenvalue weighted by Crippen LogP contribution is -2.21. The Balaban J connectivity index is 1.78. The maximum absolute atomic E-state index is 6.21. The zero-order valence-electron chi connectivity index (χ0n) is 12.4. The van der Waals surface area contributed by atoms with Crippen LogP contribution in [0.3, 0.4) is 0 Å². The predicted octanol–water partition coefficient (Wildman–Crippen LogP) is 2.63. The van der Waals surface area contributed by atoms with E-state index in [0.717, 1.165) is 11.7 Å². The Kier molecular flexibility index (Phi) is 4.03. The lowest BCUT2D eigenvalue weighted by atomic mass is 10.0. The van der Waals surface area contributed by atoms with Crippen molar-refractivity contribution in [2.24, 2.45) is 5.92 Å². The van der Waals surface area contributed by atoms with Crippen molar-refractivity contribution in [2.75, 3.05) is 11.1 Å². The van der Waals surface area contributed by atoms with E-state index in [0.29, 0.717) is 17.5 Å². The Morgan fingerprint density at radius 3 is 2.95 bits per heavy atom. The highest BCUT2D eigenvalue weighted by molar-refractivity contribution is 5.69. The predicted molar refractivity (Wildman–Crippen MR) is 83.2 cm³/mol. The summed E-state index contributed by atoms with van der Waals surface area (Å²) < 4.78 is 1.66. The first-order chi connectivity index (χ1) is 10.2. The van der Waals surface area contributed by atoms with Crippen LogP contribution in [0.5, 0.6) is 0 Å². The Morgan fingerprint density at radius 2 is 2.14 bits per heavy atom. The van der Waals surface area contributed by atoms with Crippen molar-refractivity contribution < 1.29 is 0 Å². The highest BCUT2D eigenvalue weighted by Crippen LogP contribution is 2.27. The topological polar surface area (TPSA) is 81.7 Å². The van der Waals surface area contributed by atoms with Crippen molar-refractivity contribution in [3.63, 3.8) is 0 Å². The molecule has 1 fully saturated rings. The SMILES string of the molecule is CC1CCCC(Nc2ncnc(-n3cccn3)c2N)CC1. The second kappa shape index (κ2) is 6.11. The van der Waals surface area contributed by atoms with Crippen LogP contribution in [0.15, 0.2) is 24.8 Å². The van der Waals surface area contributed by atoms with Crippen LogP contribution < -0.4 is 11.1 Å². The highest BCUT2D eigenvalue weighted by Gasteiger charge is 2.18. The molecule has 2 unspecified atom stereocenters. The summed E-state index contributed by atoms with van der Waals surface area (Å²) in [6.07, 6.45) is 11.2. The van der Waals surface area contributed by atoms with Gasteiger partial charge in [-0.25, -0.2) is 14.6 Å². The van der Waals surface area contributed by atoms with Crippen LogP contribution >= 0.6 is 0 Å². The summed E-state index contributed by atoms with van der Waals surface area (Å²) in [6, 6.07) is 2.29. The molecule has 6 nitrogen and oxygen atoms in total. The monoisotopic (exact) mass is 286 g/mol. The van der Waals surface area contributed by atoms with Crippen molar-refractivity contribution in [2.45, 2.75) is 45.1 Å². The average Bonchev–Trinajstić information content (AvgIpc) is 2.93. The van der Waals surface area contributed by atoms with Crippen LogP contribution in [-0.2, 0) is 0 Å². The minimum atomic E-state index is 0.442. The third-order valence-electron chi connectivity index (χ3n) is 4.18. The van der Waals surface area contributed by atoms with Gasteiger partial charge in [-0.1, -0.05) is 19.8 Å². The van der Waals surface area contributed by atoms with Gasteiger partial charge < -0.3 is 11.1 Å².